The fourth-order valence-corrected chi connectivity index (χ4v) is 2.26. The molecule has 0 atom stereocenters. The smallest absolute Gasteiger partial charge is 0.219 e. The van der Waals surface area contributed by atoms with Crippen molar-refractivity contribution in [3.63, 3.8) is 0 Å². The molecule has 0 radical (unpaired) electrons. The van der Waals surface area contributed by atoms with E-state index in [-0.39, 0.29) is 5.91 Å². The van der Waals surface area contributed by atoms with Gasteiger partial charge in [0.25, 0.3) is 0 Å². The van der Waals surface area contributed by atoms with Crippen LogP contribution in [0.1, 0.15) is 12.6 Å². The summed E-state index contributed by atoms with van der Waals surface area (Å²) in [4.78, 5) is 19.8. The zero-order valence-electron chi connectivity index (χ0n) is 10.3. The van der Waals surface area contributed by atoms with Gasteiger partial charge in [0.2, 0.25) is 5.91 Å². The molecule has 18 heavy (non-hydrogen) atoms. The lowest BCUT2D eigenvalue weighted by Crippen LogP contribution is -2.48. The second-order valence-electron chi connectivity index (χ2n) is 4.23. The van der Waals surface area contributed by atoms with Gasteiger partial charge in [0, 0.05) is 39.3 Å². The molecule has 1 aliphatic heterocycles. The van der Waals surface area contributed by atoms with Gasteiger partial charge in [-0.3, -0.25) is 9.78 Å². The maximum atomic E-state index is 11.3. The van der Waals surface area contributed by atoms with Crippen molar-refractivity contribution in [1.82, 2.24) is 9.88 Å². The third kappa shape index (κ3) is 2.59. The molecule has 1 saturated heterocycles. The molecule has 5 nitrogen and oxygen atoms in total. The molecule has 96 valence electrons. The number of pyridine rings is 1. The van der Waals surface area contributed by atoms with Crippen molar-refractivity contribution in [3.8, 4) is 0 Å². The van der Waals surface area contributed by atoms with Crippen LogP contribution in [-0.2, 0) is 4.79 Å². The minimum absolute atomic E-state index is 0.121. The maximum absolute atomic E-state index is 11.3. The highest BCUT2D eigenvalue weighted by atomic mass is 32.1. The van der Waals surface area contributed by atoms with E-state index >= 15 is 0 Å². The van der Waals surface area contributed by atoms with Gasteiger partial charge in [0.1, 0.15) is 10.7 Å². The monoisotopic (exact) mass is 264 g/mol. The van der Waals surface area contributed by atoms with Crippen molar-refractivity contribution in [1.29, 1.82) is 0 Å². The number of hydrogen-bond acceptors (Lipinski definition) is 4. The molecule has 0 bridgehead atoms. The first-order valence-electron chi connectivity index (χ1n) is 5.85. The van der Waals surface area contributed by atoms with Gasteiger partial charge in [0.05, 0.1) is 5.69 Å². The minimum Gasteiger partial charge on any atom is -0.388 e. The number of rotatable bonds is 2. The molecule has 6 heteroatoms. The Labute approximate surface area is 112 Å². The summed E-state index contributed by atoms with van der Waals surface area (Å²) >= 11 is 5.01. The number of hydrogen-bond donors (Lipinski definition) is 1. The Kier molecular flexibility index (Phi) is 3.76. The summed E-state index contributed by atoms with van der Waals surface area (Å²) in [5.41, 5.74) is 7.28. The molecule has 0 aromatic carbocycles. The molecule has 0 spiro atoms. The summed E-state index contributed by atoms with van der Waals surface area (Å²) in [6.45, 7) is 4.60. The lowest BCUT2D eigenvalue weighted by Gasteiger charge is -2.36. The summed E-state index contributed by atoms with van der Waals surface area (Å²) in [6.07, 6.45) is 1.68. The molecule has 2 heterocycles. The first kappa shape index (κ1) is 12.8. The molecule has 1 fully saturated rings. The van der Waals surface area contributed by atoms with E-state index in [9.17, 15) is 4.79 Å². The lowest BCUT2D eigenvalue weighted by molar-refractivity contribution is -0.129. The number of nitrogens with two attached hydrogens (primary N) is 1. The zero-order chi connectivity index (χ0) is 13.1. The Bertz CT molecular complexity index is 469. The second-order valence-corrected chi connectivity index (χ2v) is 4.67. The van der Waals surface area contributed by atoms with Crippen LogP contribution in [0.25, 0.3) is 0 Å². The van der Waals surface area contributed by atoms with Crippen LogP contribution in [0.3, 0.4) is 0 Å². The Balaban J connectivity index is 2.15. The summed E-state index contributed by atoms with van der Waals surface area (Å²) < 4.78 is 0. The Morgan fingerprint density at radius 2 is 2.06 bits per heavy atom. The molecule has 1 aromatic heterocycles. The molecule has 0 aliphatic carbocycles. The van der Waals surface area contributed by atoms with Gasteiger partial charge in [-0.1, -0.05) is 12.2 Å². The number of nitrogens with zero attached hydrogens (tertiary/aromatic N) is 3. The molecule has 0 saturated carbocycles. The number of amides is 1. The van der Waals surface area contributed by atoms with Crippen molar-refractivity contribution in [3.05, 3.63) is 24.0 Å². The van der Waals surface area contributed by atoms with E-state index in [1.807, 2.05) is 17.0 Å². The van der Waals surface area contributed by atoms with Crippen LogP contribution in [0.5, 0.6) is 0 Å². The fourth-order valence-electron chi connectivity index (χ4n) is 2.10. The van der Waals surface area contributed by atoms with Gasteiger partial charge in [0.15, 0.2) is 0 Å². The number of piperazine rings is 1. The summed E-state index contributed by atoms with van der Waals surface area (Å²) in [7, 11) is 0. The first-order chi connectivity index (χ1) is 8.59. The van der Waals surface area contributed by atoms with Crippen LogP contribution in [0.15, 0.2) is 18.3 Å². The largest absolute Gasteiger partial charge is 0.388 e. The highest BCUT2D eigenvalue weighted by Crippen LogP contribution is 2.19. The first-order valence-corrected chi connectivity index (χ1v) is 6.25. The summed E-state index contributed by atoms with van der Waals surface area (Å²) in [5, 5.41) is 0. The van der Waals surface area contributed by atoms with Crippen LogP contribution in [-0.4, -0.2) is 47.0 Å². The van der Waals surface area contributed by atoms with Gasteiger partial charge in [-0.2, -0.15) is 0 Å². The van der Waals surface area contributed by atoms with Crippen molar-refractivity contribution in [2.24, 2.45) is 5.73 Å². The lowest BCUT2D eigenvalue weighted by atomic mass is 10.2. The average Bonchev–Trinajstić information content (AvgIpc) is 2.39. The quantitative estimate of drug-likeness (QED) is 0.783. The number of carbonyl (C=O) groups is 1. The molecule has 1 amide bonds. The van der Waals surface area contributed by atoms with E-state index in [1.54, 1.807) is 13.1 Å². The Morgan fingerprint density at radius 1 is 1.39 bits per heavy atom. The van der Waals surface area contributed by atoms with Gasteiger partial charge in [-0.25, -0.2) is 0 Å². The molecule has 0 unspecified atom stereocenters. The number of aromatic nitrogens is 1. The fraction of sp³-hybridized carbons (Fsp3) is 0.417. The standard InChI is InChI=1S/C12H16N4OS/c1-9(17)15-5-7-16(8-6-15)10-3-2-4-14-11(10)12(13)18/h2-4H,5-8H2,1H3,(H2,13,18). The predicted octanol–water partition coefficient (Wildman–Crippen LogP) is 0.384. The van der Waals surface area contributed by atoms with Crippen molar-refractivity contribution in [2.45, 2.75) is 6.92 Å². The number of thiocarbonyl (C=S) groups is 1. The molecule has 2 N–H and O–H groups in total. The second kappa shape index (κ2) is 5.30. The SMILES string of the molecule is CC(=O)N1CCN(c2cccnc2C(N)=S)CC1. The van der Waals surface area contributed by atoms with E-state index in [0.29, 0.717) is 10.7 Å². The third-order valence-corrected chi connectivity index (χ3v) is 3.28. The van der Waals surface area contributed by atoms with Crippen molar-refractivity contribution >= 4 is 28.8 Å². The Hall–Kier alpha value is -1.69. The van der Waals surface area contributed by atoms with Crippen LogP contribution in [0.2, 0.25) is 0 Å². The van der Waals surface area contributed by atoms with E-state index < -0.39 is 0 Å². The van der Waals surface area contributed by atoms with E-state index in [2.05, 4.69) is 9.88 Å². The summed E-state index contributed by atoms with van der Waals surface area (Å²) in [6, 6.07) is 3.83. The third-order valence-electron chi connectivity index (χ3n) is 3.09. The van der Waals surface area contributed by atoms with E-state index in [0.717, 1.165) is 31.9 Å². The van der Waals surface area contributed by atoms with Crippen LogP contribution < -0.4 is 10.6 Å². The van der Waals surface area contributed by atoms with Gasteiger partial charge in [-0.15, -0.1) is 0 Å². The number of carbonyl (C=O) groups excluding carboxylic acids is 1. The maximum Gasteiger partial charge on any atom is 0.219 e. The number of anilines is 1. The van der Waals surface area contributed by atoms with Crippen LogP contribution in [0, 0.1) is 0 Å². The zero-order valence-corrected chi connectivity index (χ0v) is 11.1. The van der Waals surface area contributed by atoms with E-state index in [4.69, 9.17) is 18.0 Å². The van der Waals surface area contributed by atoms with Crippen LogP contribution >= 0.6 is 12.2 Å². The average molecular weight is 264 g/mol. The Morgan fingerprint density at radius 3 is 2.61 bits per heavy atom. The van der Waals surface area contributed by atoms with Gasteiger partial charge >= 0.3 is 0 Å². The summed E-state index contributed by atoms with van der Waals surface area (Å²) in [5.74, 6) is 0.121. The molecule has 2 rings (SSSR count). The highest BCUT2D eigenvalue weighted by Gasteiger charge is 2.21. The molecular formula is C12H16N4OS. The molecule has 1 aliphatic rings. The molecular weight excluding hydrogens is 248 g/mol. The topological polar surface area (TPSA) is 62.5 Å². The van der Waals surface area contributed by atoms with Gasteiger partial charge < -0.3 is 15.5 Å². The van der Waals surface area contributed by atoms with Crippen molar-refractivity contribution in [2.75, 3.05) is 31.1 Å². The normalized spacial score (nSPS) is 15.6. The minimum atomic E-state index is 0.121. The highest BCUT2D eigenvalue weighted by molar-refractivity contribution is 7.80. The van der Waals surface area contributed by atoms with E-state index in [1.165, 1.54) is 0 Å². The van der Waals surface area contributed by atoms with Crippen LogP contribution in [0.4, 0.5) is 5.69 Å². The molecule has 1 aromatic rings. The van der Waals surface area contributed by atoms with Gasteiger partial charge in [-0.05, 0) is 12.1 Å². The van der Waals surface area contributed by atoms with Crippen molar-refractivity contribution < 1.29 is 4.79 Å². The predicted molar refractivity (Wildman–Crippen MR) is 74.6 cm³/mol.